The van der Waals surface area contributed by atoms with E-state index in [1.165, 1.54) is 0 Å². The summed E-state index contributed by atoms with van der Waals surface area (Å²) in [5.74, 6) is 0.565. The number of nitrogens with zero attached hydrogens (tertiary/aromatic N) is 1. The first-order valence-corrected chi connectivity index (χ1v) is 6.08. The number of nitrogen functional groups attached to an aromatic ring is 1. The molecule has 0 aliphatic carbocycles. The number of methoxy groups -OCH3 is 1. The SMILES string of the molecule is CCC(CC)(OC)C(NC)c1cccnc1N. The third-order valence-corrected chi connectivity index (χ3v) is 3.60. The van der Waals surface area contributed by atoms with E-state index in [1.807, 2.05) is 19.2 Å². The highest BCUT2D eigenvalue weighted by Crippen LogP contribution is 2.36. The van der Waals surface area contributed by atoms with Gasteiger partial charge in [-0.25, -0.2) is 4.98 Å². The van der Waals surface area contributed by atoms with Crippen molar-refractivity contribution in [1.29, 1.82) is 0 Å². The van der Waals surface area contributed by atoms with Crippen LogP contribution in [-0.4, -0.2) is 24.7 Å². The van der Waals surface area contributed by atoms with Gasteiger partial charge in [0.2, 0.25) is 0 Å². The highest BCUT2D eigenvalue weighted by atomic mass is 16.5. The van der Waals surface area contributed by atoms with Gasteiger partial charge in [0, 0.05) is 18.9 Å². The van der Waals surface area contributed by atoms with E-state index in [1.54, 1.807) is 13.3 Å². The van der Waals surface area contributed by atoms with Crippen molar-refractivity contribution < 1.29 is 4.74 Å². The fourth-order valence-electron chi connectivity index (χ4n) is 2.44. The van der Waals surface area contributed by atoms with E-state index >= 15 is 0 Å². The molecule has 4 nitrogen and oxygen atoms in total. The van der Waals surface area contributed by atoms with Crippen LogP contribution in [0.5, 0.6) is 0 Å². The first-order valence-electron chi connectivity index (χ1n) is 6.08. The molecule has 0 saturated heterocycles. The Morgan fingerprint density at radius 2 is 2.12 bits per heavy atom. The zero-order valence-electron chi connectivity index (χ0n) is 11.2. The fourth-order valence-corrected chi connectivity index (χ4v) is 2.44. The number of nitrogens with one attached hydrogen (secondary N) is 1. The van der Waals surface area contributed by atoms with Crippen molar-refractivity contribution in [2.24, 2.45) is 0 Å². The fraction of sp³-hybridized carbons (Fsp3) is 0.615. The van der Waals surface area contributed by atoms with Crippen LogP contribution < -0.4 is 11.1 Å². The van der Waals surface area contributed by atoms with E-state index in [-0.39, 0.29) is 11.6 Å². The van der Waals surface area contributed by atoms with Gasteiger partial charge in [-0.1, -0.05) is 19.9 Å². The van der Waals surface area contributed by atoms with Crippen molar-refractivity contribution in [3.8, 4) is 0 Å². The van der Waals surface area contributed by atoms with Crippen LogP contribution >= 0.6 is 0 Å². The van der Waals surface area contributed by atoms with Gasteiger partial charge in [-0.3, -0.25) is 0 Å². The molecule has 1 atom stereocenters. The smallest absolute Gasteiger partial charge is 0.128 e. The lowest BCUT2D eigenvalue weighted by Gasteiger charge is -2.38. The van der Waals surface area contributed by atoms with Crippen molar-refractivity contribution in [1.82, 2.24) is 10.3 Å². The molecule has 0 aromatic carbocycles. The molecule has 1 aromatic heterocycles. The minimum absolute atomic E-state index is 0.0520. The van der Waals surface area contributed by atoms with E-state index < -0.39 is 0 Å². The summed E-state index contributed by atoms with van der Waals surface area (Å²) in [5, 5.41) is 3.31. The topological polar surface area (TPSA) is 60.2 Å². The summed E-state index contributed by atoms with van der Waals surface area (Å²) in [6.45, 7) is 4.26. The van der Waals surface area contributed by atoms with Crippen LogP contribution in [0.3, 0.4) is 0 Å². The molecule has 0 aliphatic heterocycles. The molecule has 0 radical (unpaired) electrons. The van der Waals surface area contributed by atoms with E-state index in [2.05, 4.69) is 24.1 Å². The Bertz CT molecular complexity index is 342. The molecule has 1 rings (SSSR count). The molecular weight excluding hydrogens is 214 g/mol. The molecule has 0 spiro atoms. The minimum Gasteiger partial charge on any atom is -0.383 e. The maximum atomic E-state index is 5.95. The highest BCUT2D eigenvalue weighted by Gasteiger charge is 2.37. The van der Waals surface area contributed by atoms with E-state index in [9.17, 15) is 0 Å². The van der Waals surface area contributed by atoms with Gasteiger partial charge >= 0.3 is 0 Å². The number of hydrogen-bond donors (Lipinski definition) is 2. The molecule has 0 aliphatic rings. The first kappa shape index (κ1) is 13.9. The van der Waals surface area contributed by atoms with Gasteiger partial charge < -0.3 is 15.8 Å². The standard InChI is InChI=1S/C13H23N3O/c1-5-13(6-2,17-4)11(15-3)10-8-7-9-16-12(10)14/h7-9,11,15H,5-6H2,1-4H3,(H2,14,16). The molecule has 96 valence electrons. The van der Waals surface area contributed by atoms with Gasteiger partial charge in [-0.2, -0.15) is 0 Å². The second kappa shape index (κ2) is 5.98. The molecule has 0 bridgehead atoms. The lowest BCUT2D eigenvalue weighted by molar-refractivity contribution is -0.0466. The summed E-state index contributed by atoms with van der Waals surface area (Å²) in [5.41, 5.74) is 6.71. The van der Waals surface area contributed by atoms with Crippen LogP contribution in [0.25, 0.3) is 0 Å². The Kier molecular flexibility index (Phi) is 4.90. The van der Waals surface area contributed by atoms with Crippen LogP contribution in [-0.2, 0) is 4.74 Å². The summed E-state index contributed by atoms with van der Waals surface area (Å²) < 4.78 is 5.75. The predicted molar refractivity (Wildman–Crippen MR) is 70.8 cm³/mol. The number of aromatic nitrogens is 1. The third kappa shape index (κ3) is 2.58. The Balaban J connectivity index is 3.18. The number of nitrogens with two attached hydrogens (primary N) is 1. The Labute approximate surface area is 104 Å². The second-order valence-electron chi connectivity index (χ2n) is 4.18. The molecule has 1 heterocycles. The lowest BCUT2D eigenvalue weighted by Crippen LogP contribution is -2.44. The maximum Gasteiger partial charge on any atom is 0.128 e. The highest BCUT2D eigenvalue weighted by molar-refractivity contribution is 5.42. The van der Waals surface area contributed by atoms with E-state index in [0.29, 0.717) is 5.82 Å². The lowest BCUT2D eigenvalue weighted by atomic mass is 9.84. The normalized spacial score (nSPS) is 13.6. The monoisotopic (exact) mass is 237 g/mol. The maximum absolute atomic E-state index is 5.95. The molecule has 3 N–H and O–H groups in total. The molecule has 1 unspecified atom stereocenters. The largest absolute Gasteiger partial charge is 0.383 e. The molecule has 0 saturated carbocycles. The van der Waals surface area contributed by atoms with Crippen molar-refractivity contribution >= 4 is 5.82 Å². The number of ether oxygens (including phenoxy) is 1. The van der Waals surface area contributed by atoms with Crippen LogP contribution in [0.1, 0.15) is 38.3 Å². The second-order valence-corrected chi connectivity index (χ2v) is 4.18. The van der Waals surface area contributed by atoms with Gasteiger partial charge in [0.25, 0.3) is 0 Å². The molecule has 0 amide bonds. The Morgan fingerprint density at radius 3 is 2.53 bits per heavy atom. The van der Waals surface area contributed by atoms with Gasteiger partial charge in [-0.05, 0) is 26.0 Å². The number of hydrogen-bond acceptors (Lipinski definition) is 4. The number of anilines is 1. The quantitative estimate of drug-likeness (QED) is 0.795. The van der Waals surface area contributed by atoms with Crippen molar-refractivity contribution in [2.45, 2.75) is 38.3 Å². The van der Waals surface area contributed by atoms with Crippen molar-refractivity contribution in [2.75, 3.05) is 19.9 Å². The summed E-state index contributed by atoms with van der Waals surface area (Å²) in [4.78, 5) is 4.15. The molecule has 17 heavy (non-hydrogen) atoms. The average molecular weight is 237 g/mol. The van der Waals surface area contributed by atoms with Gasteiger partial charge in [0.1, 0.15) is 5.82 Å². The van der Waals surface area contributed by atoms with E-state index in [0.717, 1.165) is 18.4 Å². The van der Waals surface area contributed by atoms with Crippen LogP contribution in [0.2, 0.25) is 0 Å². The van der Waals surface area contributed by atoms with Crippen LogP contribution in [0.4, 0.5) is 5.82 Å². The van der Waals surface area contributed by atoms with Gasteiger partial charge in [-0.15, -0.1) is 0 Å². The zero-order valence-corrected chi connectivity index (χ0v) is 11.2. The molecular formula is C13H23N3O. The molecule has 1 aromatic rings. The van der Waals surface area contributed by atoms with Crippen LogP contribution in [0, 0.1) is 0 Å². The molecule has 4 heteroatoms. The average Bonchev–Trinajstić information content (AvgIpc) is 2.38. The van der Waals surface area contributed by atoms with Crippen molar-refractivity contribution in [3.63, 3.8) is 0 Å². The summed E-state index contributed by atoms with van der Waals surface area (Å²) in [7, 11) is 3.68. The third-order valence-electron chi connectivity index (χ3n) is 3.60. The van der Waals surface area contributed by atoms with Gasteiger partial charge in [0.15, 0.2) is 0 Å². The summed E-state index contributed by atoms with van der Waals surface area (Å²) >= 11 is 0. The summed E-state index contributed by atoms with van der Waals surface area (Å²) in [6.07, 6.45) is 3.54. The Hall–Kier alpha value is -1.13. The number of pyridine rings is 1. The van der Waals surface area contributed by atoms with Gasteiger partial charge in [0.05, 0.1) is 11.6 Å². The number of likely N-dealkylation sites (N-methyl/N-ethyl adjacent to an activating group) is 1. The zero-order chi connectivity index (χ0) is 12.9. The first-order chi connectivity index (χ1) is 8.15. The Morgan fingerprint density at radius 1 is 1.47 bits per heavy atom. The molecule has 0 fully saturated rings. The van der Waals surface area contributed by atoms with E-state index in [4.69, 9.17) is 10.5 Å². The summed E-state index contributed by atoms with van der Waals surface area (Å²) in [6, 6.07) is 3.96. The minimum atomic E-state index is -0.244. The van der Waals surface area contributed by atoms with Crippen LogP contribution in [0.15, 0.2) is 18.3 Å². The predicted octanol–water partition coefficient (Wildman–Crippen LogP) is 2.13. The van der Waals surface area contributed by atoms with Crippen molar-refractivity contribution in [3.05, 3.63) is 23.9 Å². The number of rotatable bonds is 6.